The summed E-state index contributed by atoms with van der Waals surface area (Å²) in [4.78, 5) is 10.3. The van der Waals surface area contributed by atoms with Crippen molar-refractivity contribution in [1.29, 1.82) is 0 Å². The minimum Gasteiger partial charge on any atom is -0.395 e. The Bertz CT molecular complexity index is 915. The maximum absolute atomic E-state index is 13.4. The summed E-state index contributed by atoms with van der Waals surface area (Å²) < 4.78 is 27.9. The van der Waals surface area contributed by atoms with Crippen LogP contribution in [0, 0.1) is 17.0 Å². The zero-order chi connectivity index (χ0) is 20.2. The van der Waals surface area contributed by atoms with Gasteiger partial charge >= 0.3 is 0 Å². The van der Waals surface area contributed by atoms with Crippen LogP contribution in [0.15, 0.2) is 47.4 Å². The van der Waals surface area contributed by atoms with Gasteiger partial charge in [0.1, 0.15) is 5.02 Å². The Morgan fingerprint density at radius 3 is 2.41 bits per heavy atom. The van der Waals surface area contributed by atoms with E-state index in [1.54, 1.807) is 31.2 Å². The highest BCUT2D eigenvalue weighted by Gasteiger charge is 2.33. The van der Waals surface area contributed by atoms with Crippen LogP contribution in [-0.4, -0.2) is 35.4 Å². The molecule has 0 aliphatic heterocycles. The molecule has 2 aromatic carbocycles. The maximum atomic E-state index is 13.4. The lowest BCUT2D eigenvalue weighted by Gasteiger charge is -2.29. The topological polar surface area (TPSA) is 101 Å². The van der Waals surface area contributed by atoms with Crippen molar-refractivity contribution < 1.29 is 18.4 Å². The van der Waals surface area contributed by atoms with E-state index in [0.29, 0.717) is 12.0 Å². The third-order valence-corrected chi connectivity index (χ3v) is 6.64. The summed E-state index contributed by atoms with van der Waals surface area (Å²) in [6.07, 6.45) is 0.386. The van der Waals surface area contributed by atoms with Crippen molar-refractivity contribution in [3.05, 3.63) is 68.7 Å². The van der Waals surface area contributed by atoms with E-state index in [2.05, 4.69) is 0 Å². The number of nitro benzene ring substituents is 1. The first-order chi connectivity index (χ1) is 12.7. The van der Waals surface area contributed by atoms with Crippen LogP contribution in [0.5, 0.6) is 0 Å². The Morgan fingerprint density at radius 1 is 1.26 bits per heavy atom. The molecule has 7 nitrogen and oxygen atoms in total. The number of aliphatic hydroxyl groups excluding tert-OH is 1. The monoisotopic (exact) mass is 412 g/mol. The van der Waals surface area contributed by atoms with Gasteiger partial charge in [0.2, 0.25) is 10.0 Å². The molecule has 0 aliphatic rings. The molecule has 0 amide bonds. The van der Waals surface area contributed by atoms with Gasteiger partial charge in [-0.05, 0) is 30.5 Å². The molecular weight excluding hydrogens is 392 g/mol. The molecule has 0 saturated heterocycles. The molecule has 0 heterocycles. The molecule has 27 heavy (non-hydrogen) atoms. The quantitative estimate of drug-likeness (QED) is 0.528. The number of rotatable bonds is 8. The van der Waals surface area contributed by atoms with E-state index in [-0.39, 0.29) is 23.1 Å². The highest BCUT2D eigenvalue weighted by Crippen LogP contribution is 2.33. The number of sulfonamides is 1. The summed E-state index contributed by atoms with van der Waals surface area (Å²) >= 11 is 5.88. The van der Waals surface area contributed by atoms with Gasteiger partial charge in [0.15, 0.2) is 0 Å². The van der Waals surface area contributed by atoms with Gasteiger partial charge in [-0.1, -0.05) is 48.9 Å². The minimum atomic E-state index is -4.12. The van der Waals surface area contributed by atoms with Crippen molar-refractivity contribution >= 4 is 27.3 Å². The molecule has 0 fully saturated rings. The fourth-order valence-electron chi connectivity index (χ4n) is 2.78. The van der Waals surface area contributed by atoms with E-state index in [9.17, 15) is 23.6 Å². The average molecular weight is 413 g/mol. The molecule has 0 spiro atoms. The van der Waals surface area contributed by atoms with Crippen LogP contribution >= 0.6 is 11.6 Å². The molecule has 0 saturated carbocycles. The van der Waals surface area contributed by atoms with E-state index >= 15 is 0 Å². The number of aliphatic hydroxyl groups is 1. The number of aryl methyl sites for hydroxylation is 1. The van der Waals surface area contributed by atoms with Crippen LogP contribution in [0.25, 0.3) is 0 Å². The first-order valence-electron chi connectivity index (χ1n) is 8.33. The van der Waals surface area contributed by atoms with Crippen molar-refractivity contribution in [2.75, 3.05) is 6.61 Å². The predicted molar refractivity (Wildman–Crippen MR) is 103 cm³/mol. The molecule has 146 valence electrons. The molecule has 0 aromatic heterocycles. The molecular formula is C18H21ClN2O5S. The second kappa shape index (κ2) is 8.79. The molecule has 1 atom stereocenters. The van der Waals surface area contributed by atoms with Gasteiger partial charge in [0, 0.05) is 18.7 Å². The van der Waals surface area contributed by atoms with E-state index in [0.717, 1.165) is 11.6 Å². The molecule has 0 bridgehead atoms. The smallest absolute Gasteiger partial charge is 0.289 e. The Labute approximate surface area is 163 Å². The maximum Gasteiger partial charge on any atom is 0.289 e. The van der Waals surface area contributed by atoms with Crippen molar-refractivity contribution in [2.45, 2.75) is 37.8 Å². The van der Waals surface area contributed by atoms with Crippen LogP contribution in [0.3, 0.4) is 0 Å². The van der Waals surface area contributed by atoms with Crippen molar-refractivity contribution in [3.8, 4) is 0 Å². The van der Waals surface area contributed by atoms with Crippen molar-refractivity contribution in [3.63, 3.8) is 0 Å². The highest BCUT2D eigenvalue weighted by molar-refractivity contribution is 7.89. The highest BCUT2D eigenvalue weighted by atomic mass is 35.5. The van der Waals surface area contributed by atoms with Gasteiger partial charge in [-0.3, -0.25) is 10.1 Å². The van der Waals surface area contributed by atoms with Crippen LogP contribution in [0.2, 0.25) is 5.02 Å². The molecule has 0 unspecified atom stereocenters. The third-order valence-electron chi connectivity index (χ3n) is 4.30. The molecule has 2 aromatic rings. The fourth-order valence-corrected chi connectivity index (χ4v) is 4.98. The van der Waals surface area contributed by atoms with Gasteiger partial charge in [0.25, 0.3) is 5.69 Å². The lowest BCUT2D eigenvalue weighted by Crippen LogP contribution is -2.41. The summed E-state index contributed by atoms with van der Waals surface area (Å²) in [5.74, 6) is 0. The van der Waals surface area contributed by atoms with E-state index in [4.69, 9.17) is 11.6 Å². The van der Waals surface area contributed by atoms with Gasteiger partial charge in [-0.15, -0.1) is 0 Å². The summed E-state index contributed by atoms with van der Waals surface area (Å²) in [6, 6.07) is 10.6. The summed E-state index contributed by atoms with van der Waals surface area (Å²) in [5.41, 5.74) is 0.572. The normalized spacial score (nSPS) is 12.9. The molecule has 9 heteroatoms. The van der Waals surface area contributed by atoms with Gasteiger partial charge in [-0.2, -0.15) is 4.31 Å². The minimum absolute atomic E-state index is 0.0398. The van der Waals surface area contributed by atoms with Crippen LogP contribution < -0.4 is 0 Å². The Balaban J connectivity index is 2.60. The molecule has 0 radical (unpaired) electrons. The number of nitro groups is 1. The number of halogens is 1. The first-order valence-corrected chi connectivity index (χ1v) is 10.1. The second-order valence-corrected chi connectivity index (χ2v) is 8.37. The molecule has 0 aliphatic carbocycles. The predicted octanol–water partition coefficient (Wildman–Crippen LogP) is 3.52. The number of hydrogen-bond acceptors (Lipinski definition) is 5. The second-order valence-electron chi connectivity index (χ2n) is 6.11. The number of hydrogen-bond donors (Lipinski definition) is 1. The summed E-state index contributed by atoms with van der Waals surface area (Å²) in [5, 5.41) is 20.8. The van der Waals surface area contributed by atoms with Crippen molar-refractivity contribution in [1.82, 2.24) is 4.31 Å². The molecule has 2 rings (SSSR count). The standard InChI is InChI=1S/C18H21ClN2O5S/c1-3-15(12-22)20(11-14-7-5-4-6-8-14)27(25,26)18-10-17(21(23)24)16(19)9-13(18)2/h4-10,15,22H,3,11-12H2,1-2H3/t15-/m0/s1. The lowest BCUT2D eigenvalue weighted by molar-refractivity contribution is -0.384. The Kier molecular flexibility index (Phi) is 6.94. The number of benzene rings is 2. The first kappa shape index (κ1) is 21.3. The van der Waals surface area contributed by atoms with E-state index in [1.165, 1.54) is 17.3 Å². The van der Waals surface area contributed by atoms with Gasteiger partial charge in [0.05, 0.1) is 16.4 Å². The number of nitrogens with zero attached hydrogens (tertiary/aromatic N) is 2. The van der Waals surface area contributed by atoms with E-state index in [1.807, 2.05) is 6.07 Å². The van der Waals surface area contributed by atoms with Gasteiger partial charge in [-0.25, -0.2) is 8.42 Å². The van der Waals surface area contributed by atoms with E-state index < -0.39 is 26.7 Å². The largest absolute Gasteiger partial charge is 0.395 e. The van der Waals surface area contributed by atoms with Crippen LogP contribution in [0.4, 0.5) is 5.69 Å². The summed E-state index contributed by atoms with van der Waals surface area (Å²) in [7, 11) is -4.12. The zero-order valence-electron chi connectivity index (χ0n) is 15.0. The van der Waals surface area contributed by atoms with Crippen LogP contribution in [0.1, 0.15) is 24.5 Å². The fraction of sp³-hybridized carbons (Fsp3) is 0.333. The zero-order valence-corrected chi connectivity index (χ0v) is 16.6. The Hall–Kier alpha value is -2.00. The summed E-state index contributed by atoms with van der Waals surface area (Å²) in [6.45, 7) is 2.98. The van der Waals surface area contributed by atoms with Gasteiger partial charge < -0.3 is 5.11 Å². The van der Waals surface area contributed by atoms with Crippen LogP contribution in [-0.2, 0) is 16.6 Å². The SMILES string of the molecule is CC[C@@H](CO)N(Cc1ccccc1)S(=O)(=O)c1cc([N+](=O)[O-])c(Cl)cc1C. The van der Waals surface area contributed by atoms with Crippen molar-refractivity contribution in [2.24, 2.45) is 0 Å². The Morgan fingerprint density at radius 2 is 1.89 bits per heavy atom. The lowest BCUT2D eigenvalue weighted by atomic mass is 10.2. The molecule has 1 N–H and O–H groups in total. The third kappa shape index (κ3) is 4.65. The average Bonchev–Trinajstić information content (AvgIpc) is 2.62.